The van der Waals surface area contributed by atoms with E-state index in [2.05, 4.69) is 22.6 Å². The van der Waals surface area contributed by atoms with Crippen molar-refractivity contribution in [3.8, 4) is 0 Å². The first-order valence-corrected chi connectivity index (χ1v) is 5.64. The Morgan fingerprint density at radius 1 is 1.00 bits per heavy atom. The summed E-state index contributed by atoms with van der Waals surface area (Å²) in [6.07, 6.45) is 1.84. The third kappa shape index (κ3) is 3.26. The van der Waals surface area contributed by atoms with Crippen molar-refractivity contribution in [2.45, 2.75) is 4.90 Å². The maximum atomic E-state index is 5.45. The first kappa shape index (κ1) is 11.5. The summed E-state index contributed by atoms with van der Waals surface area (Å²) in [6, 6.07) is 15.5. The summed E-state index contributed by atoms with van der Waals surface area (Å²) in [5.41, 5.74) is 6.30. The van der Waals surface area contributed by atoms with E-state index in [4.69, 9.17) is 5.73 Å². The number of nitrogens with two attached hydrogens (primary N) is 1. The Morgan fingerprint density at radius 2 is 1.76 bits per heavy atom. The number of aromatic amines is 1. The minimum atomic E-state index is 0.551. The van der Waals surface area contributed by atoms with Crippen molar-refractivity contribution in [3.63, 3.8) is 0 Å². The van der Waals surface area contributed by atoms with Crippen LogP contribution in [0.3, 0.4) is 0 Å². The first-order valence-electron chi connectivity index (χ1n) is 5.19. The van der Waals surface area contributed by atoms with Crippen LogP contribution in [-0.4, -0.2) is 9.97 Å². The van der Waals surface area contributed by atoms with Crippen molar-refractivity contribution >= 4 is 29.5 Å². The third-order valence-electron chi connectivity index (χ3n) is 2.19. The number of fused-ring (bicyclic) bond motifs is 1. The Balaban J connectivity index is 0.000000136. The van der Waals surface area contributed by atoms with E-state index in [1.165, 1.54) is 0 Å². The van der Waals surface area contributed by atoms with Gasteiger partial charge in [0.25, 0.3) is 0 Å². The van der Waals surface area contributed by atoms with Gasteiger partial charge in [0.2, 0.25) is 0 Å². The second kappa shape index (κ2) is 5.41. The molecule has 0 fully saturated rings. The van der Waals surface area contributed by atoms with Crippen molar-refractivity contribution in [1.29, 1.82) is 0 Å². The highest BCUT2D eigenvalue weighted by Crippen LogP contribution is 2.10. The number of aromatic nitrogens is 2. The predicted molar refractivity (Wildman–Crippen MR) is 74.2 cm³/mol. The SMILES string of the molecule is Nc1ccc2cc[nH]c2n1.Sc1ccccc1. The van der Waals surface area contributed by atoms with E-state index in [0.29, 0.717) is 5.82 Å². The minimum absolute atomic E-state index is 0.551. The maximum absolute atomic E-state index is 5.45. The Hall–Kier alpha value is -1.94. The zero-order valence-corrected chi connectivity index (χ0v) is 10.1. The molecule has 3 N–H and O–H groups in total. The van der Waals surface area contributed by atoms with Crippen molar-refractivity contribution in [2.24, 2.45) is 0 Å². The van der Waals surface area contributed by atoms with Gasteiger partial charge in [-0.05, 0) is 30.3 Å². The number of nitrogens with one attached hydrogen (secondary N) is 1. The lowest BCUT2D eigenvalue weighted by molar-refractivity contribution is 1.33. The van der Waals surface area contributed by atoms with E-state index in [0.717, 1.165) is 15.9 Å². The zero-order valence-electron chi connectivity index (χ0n) is 9.17. The molecule has 3 aromatic rings. The molecule has 4 heteroatoms. The standard InChI is InChI=1S/C7H7N3.C6H6S/c8-6-2-1-5-3-4-9-7(5)10-6;7-6-4-2-1-3-5-6/h1-4H,(H3,8,9,10);1-5,7H. The number of nitrogens with zero attached hydrogens (tertiary/aromatic N) is 1. The summed E-state index contributed by atoms with van der Waals surface area (Å²) >= 11 is 4.08. The van der Waals surface area contributed by atoms with Crippen molar-refractivity contribution < 1.29 is 0 Å². The summed E-state index contributed by atoms with van der Waals surface area (Å²) in [5, 5.41) is 1.09. The summed E-state index contributed by atoms with van der Waals surface area (Å²) in [4.78, 5) is 8.04. The minimum Gasteiger partial charge on any atom is -0.384 e. The molecule has 0 saturated carbocycles. The molecular formula is C13H13N3S. The number of thiol groups is 1. The number of hydrogen-bond donors (Lipinski definition) is 3. The van der Waals surface area contributed by atoms with Gasteiger partial charge in [-0.25, -0.2) is 4.98 Å². The van der Waals surface area contributed by atoms with Crippen LogP contribution in [0.25, 0.3) is 11.0 Å². The van der Waals surface area contributed by atoms with Gasteiger partial charge in [-0.2, -0.15) is 0 Å². The fraction of sp³-hybridized carbons (Fsp3) is 0. The Bertz CT molecular complexity index is 590. The molecule has 0 atom stereocenters. The van der Waals surface area contributed by atoms with Crippen LogP contribution in [0.1, 0.15) is 0 Å². The number of anilines is 1. The average Bonchev–Trinajstić information content (AvgIpc) is 2.78. The number of rotatable bonds is 0. The molecule has 3 nitrogen and oxygen atoms in total. The van der Waals surface area contributed by atoms with Gasteiger partial charge in [-0.3, -0.25) is 0 Å². The Labute approximate surface area is 105 Å². The molecule has 2 heterocycles. The average molecular weight is 243 g/mol. The molecule has 17 heavy (non-hydrogen) atoms. The fourth-order valence-electron chi connectivity index (χ4n) is 1.37. The number of pyridine rings is 1. The monoisotopic (exact) mass is 243 g/mol. The topological polar surface area (TPSA) is 54.7 Å². The zero-order chi connectivity index (χ0) is 12.1. The smallest absolute Gasteiger partial charge is 0.139 e. The second-order valence-electron chi connectivity index (χ2n) is 3.49. The van der Waals surface area contributed by atoms with E-state index >= 15 is 0 Å². The van der Waals surface area contributed by atoms with E-state index in [1.54, 1.807) is 6.07 Å². The lowest BCUT2D eigenvalue weighted by atomic mass is 10.3. The van der Waals surface area contributed by atoms with Crippen LogP contribution in [-0.2, 0) is 0 Å². The highest BCUT2D eigenvalue weighted by Gasteiger charge is 1.93. The Morgan fingerprint density at radius 3 is 2.41 bits per heavy atom. The molecule has 0 unspecified atom stereocenters. The second-order valence-corrected chi connectivity index (χ2v) is 4.00. The molecule has 0 amide bonds. The first-order chi connectivity index (χ1) is 8.25. The molecule has 2 aromatic heterocycles. The normalized spacial score (nSPS) is 9.71. The summed E-state index contributed by atoms with van der Waals surface area (Å²) in [7, 11) is 0. The van der Waals surface area contributed by atoms with E-state index in [9.17, 15) is 0 Å². The molecule has 0 spiro atoms. The van der Waals surface area contributed by atoms with Crippen LogP contribution >= 0.6 is 12.6 Å². The van der Waals surface area contributed by atoms with Crippen LogP contribution in [0, 0.1) is 0 Å². The molecule has 3 rings (SSSR count). The molecule has 1 aromatic carbocycles. The molecule has 0 saturated heterocycles. The van der Waals surface area contributed by atoms with Crippen LogP contribution in [0.15, 0.2) is 59.6 Å². The van der Waals surface area contributed by atoms with Gasteiger partial charge in [-0.15, -0.1) is 12.6 Å². The maximum Gasteiger partial charge on any atom is 0.139 e. The van der Waals surface area contributed by atoms with Gasteiger partial charge >= 0.3 is 0 Å². The molecule has 0 aliphatic heterocycles. The lowest BCUT2D eigenvalue weighted by Crippen LogP contribution is -1.88. The molecule has 86 valence electrons. The van der Waals surface area contributed by atoms with Crippen molar-refractivity contribution in [2.75, 3.05) is 5.73 Å². The molecular weight excluding hydrogens is 230 g/mol. The summed E-state index contributed by atoms with van der Waals surface area (Å²) in [6.45, 7) is 0. The highest BCUT2D eigenvalue weighted by atomic mass is 32.1. The molecule has 0 bridgehead atoms. The quantitative estimate of drug-likeness (QED) is 0.531. The van der Waals surface area contributed by atoms with Gasteiger partial charge in [0, 0.05) is 16.5 Å². The lowest BCUT2D eigenvalue weighted by Gasteiger charge is -1.89. The number of hydrogen-bond acceptors (Lipinski definition) is 3. The van der Waals surface area contributed by atoms with Crippen molar-refractivity contribution in [3.05, 3.63) is 54.7 Å². The molecule has 0 aliphatic rings. The van der Waals surface area contributed by atoms with Crippen molar-refractivity contribution in [1.82, 2.24) is 9.97 Å². The van der Waals surface area contributed by atoms with Crippen LogP contribution < -0.4 is 5.73 Å². The van der Waals surface area contributed by atoms with E-state index < -0.39 is 0 Å². The fourth-order valence-corrected chi connectivity index (χ4v) is 1.55. The van der Waals surface area contributed by atoms with Gasteiger partial charge < -0.3 is 10.7 Å². The number of benzene rings is 1. The van der Waals surface area contributed by atoms with Gasteiger partial charge in [0.05, 0.1) is 0 Å². The van der Waals surface area contributed by atoms with Crippen LogP contribution in [0.4, 0.5) is 5.82 Å². The van der Waals surface area contributed by atoms with Gasteiger partial charge in [0.1, 0.15) is 11.5 Å². The highest BCUT2D eigenvalue weighted by molar-refractivity contribution is 7.80. The summed E-state index contributed by atoms with van der Waals surface area (Å²) in [5.74, 6) is 0.551. The summed E-state index contributed by atoms with van der Waals surface area (Å²) < 4.78 is 0. The van der Waals surface area contributed by atoms with Crippen LogP contribution in [0.2, 0.25) is 0 Å². The molecule has 0 radical (unpaired) electrons. The predicted octanol–water partition coefficient (Wildman–Crippen LogP) is 3.12. The number of H-pyrrole nitrogens is 1. The van der Waals surface area contributed by atoms with Gasteiger partial charge in [-0.1, -0.05) is 18.2 Å². The van der Waals surface area contributed by atoms with Crippen LogP contribution in [0.5, 0.6) is 0 Å². The van der Waals surface area contributed by atoms with E-state index in [1.807, 2.05) is 48.7 Å². The van der Waals surface area contributed by atoms with Gasteiger partial charge in [0.15, 0.2) is 0 Å². The van der Waals surface area contributed by atoms with E-state index in [-0.39, 0.29) is 0 Å². The Kier molecular flexibility index (Phi) is 3.67. The molecule has 0 aliphatic carbocycles. The largest absolute Gasteiger partial charge is 0.384 e. The number of nitrogen functional groups attached to an aromatic ring is 1. The third-order valence-corrected chi connectivity index (χ3v) is 2.49.